The number of amides is 1. The summed E-state index contributed by atoms with van der Waals surface area (Å²) >= 11 is 0. The van der Waals surface area contributed by atoms with Gasteiger partial charge in [-0.1, -0.05) is 37.3 Å². The summed E-state index contributed by atoms with van der Waals surface area (Å²) in [4.78, 5) is 14.7. The third-order valence-electron chi connectivity index (χ3n) is 4.32. The number of methoxy groups -OCH3 is 1. The monoisotopic (exact) mass is 290 g/mol. The average Bonchev–Trinajstić information content (AvgIpc) is 2.78. The Labute approximate surface area is 127 Å². The highest BCUT2D eigenvalue weighted by Crippen LogP contribution is 2.32. The minimum absolute atomic E-state index is 0.0220. The first-order valence-electron chi connectivity index (χ1n) is 7.75. The molecule has 2 unspecified atom stereocenters. The van der Waals surface area contributed by atoms with Crippen LogP contribution in [0.3, 0.4) is 0 Å². The van der Waals surface area contributed by atoms with Crippen LogP contribution in [0.4, 0.5) is 0 Å². The molecule has 1 saturated heterocycles. The average molecular weight is 290 g/mol. The molecule has 116 valence electrons. The molecule has 0 radical (unpaired) electrons. The Morgan fingerprint density at radius 1 is 1.29 bits per heavy atom. The molecule has 0 aromatic heterocycles. The van der Waals surface area contributed by atoms with E-state index in [-0.39, 0.29) is 12.1 Å². The molecule has 4 nitrogen and oxygen atoms in total. The van der Waals surface area contributed by atoms with Gasteiger partial charge in [0, 0.05) is 20.3 Å². The van der Waals surface area contributed by atoms with Crippen molar-refractivity contribution in [1.29, 1.82) is 0 Å². The molecule has 1 aromatic carbocycles. The summed E-state index contributed by atoms with van der Waals surface area (Å²) in [6.07, 6.45) is 2.71. The minimum Gasteiger partial charge on any atom is -0.385 e. The molecule has 1 fully saturated rings. The lowest BCUT2D eigenvalue weighted by Gasteiger charge is -2.24. The fourth-order valence-corrected chi connectivity index (χ4v) is 2.79. The number of benzene rings is 1. The molecule has 21 heavy (non-hydrogen) atoms. The molecule has 0 saturated carbocycles. The quantitative estimate of drug-likeness (QED) is 0.785. The Morgan fingerprint density at radius 2 is 2.00 bits per heavy atom. The first-order valence-corrected chi connectivity index (χ1v) is 7.75. The van der Waals surface area contributed by atoms with E-state index in [2.05, 4.69) is 24.4 Å². The van der Waals surface area contributed by atoms with E-state index in [0.717, 1.165) is 38.0 Å². The second kappa shape index (κ2) is 7.05. The number of hydrogen-bond acceptors (Lipinski definition) is 3. The van der Waals surface area contributed by atoms with Crippen LogP contribution in [-0.4, -0.2) is 36.6 Å². The van der Waals surface area contributed by atoms with Gasteiger partial charge in [-0.2, -0.15) is 0 Å². The zero-order valence-electron chi connectivity index (χ0n) is 13.3. The van der Waals surface area contributed by atoms with Gasteiger partial charge in [-0.25, -0.2) is 0 Å². The number of carbonyl (C=O) groups excluding carboxylic acids is 1. The topological polar surface area (TPSA) is 41.6 Å². The Kier molecular flexibility index (Phi) is 5.37. The molecule has 1 heterocycles. The van der Waals surface area contributed by atoms with Gasteiger partial charge in [-0.05, 0) is 31.7 Å². The fourth-order valence-electron chi connectivity index (χ4n) is 2.79. The molecule has 4 heteroatoms. The number of rotatable bonds is 7. The first-order chi connectivity index (χ1) is 10.1. The van der Waals surface area contributed by atoms with Crippen LogP contribution in [0.1, 0.15) is 44.8 Å². The number of nitrogens with one attached hydrogen (secondary N) is 1. The molecule has 1 amide bonds. The highest BCUT2D eigenvalue weighted by Gasteiger charge is 2.46. The second-order valence-corrected chi connectivity index (χ2v) is 5.84. The van der Waals surface area contributed by atoms with E-state index in [1.165, 1.54) is 0 Å². The van der Waals surface area contributed by atoms with E-state index >= 15 is 0 Å². The van der Waals surface area contributed by atoms with E-state index in [0.29, 0.717) is 0 Å². The van der Waals surface area contributed by atoms with Crippen molar-refractivity contribution in [2.75, 3.05) is 20.3 Å². The van der Waals surface area contributed by atoms with E-state index in [9.17, 15) is 4.79 Å². The van der Waals surface area contributed by atoms with Gasteiger partial charge in [-0.15, -0.1) is 0 Å². The lowest BCUT2D eigenvalue weighted by molar-refractivity contribution is -0.133. The van der Waals surface area contributed by atoms with Crippen LogP contribution >= 0.6 is 0 Å². The van der Waals surface area contributed by atoms with Gasteiger partial charge in [0.15, 0.2) is 0 Å². The highest BCUT2D eigenvalue weighted by molar-refractivity contribution is 5.88. The van der Waals surface area contributed by atoms with Crippen molar-refractivity contribution in [2.24, 2.45) is 0 Å². The van der Waals surface area contributed by atoms with E-state index in [4.69, 9.17) is 4.74 Å². The van der Waals surface area contributed by atoms with Crippen LogP contribution in [0.2, 0.25) is 0 Å². The van der Waals surface area contributed by atoms with Gasteiger partial charge in [-0.3, -0.25) is 10.1 Å². The van der Waals surface area contributed by atoms with E-state index in [1.807, 2.05) is 30.0 Å². The lowest BCUT2D eigenvalue weighted by Crippen LogP contribution is -2.43. The maximum absolute atomic E-state index is 12.7. The zero-order chi connectivity index (χ0) is 15.3. The normalized spacial score (nSPS) is 25.6. The van der Waals surface area contributed by atoms with Crippen molar-refractivity contribution in [3.8, 4) is 0 Å². The van der Waals surface area contributed by atoms with Crippen molar-refractivity contribution in [1.82, 2.24) is 10.2 Å². The minimum atomic E-state index is -0.457. The van der Waals surface area contributed by atoms with Crippen molar-refractivity contribution in [3.63, 3.8) is 0 Å². The van der Waals surface area contributed by atoms with Crippen LogP contribution in [-0.2, 0) is 9.53 Å². The predicted molar refractivity (Wildman–Crippen MR) is 83.8 cm³/mol. The molecular weight excluding hydrogens is 264 g/mol. The van der Waals surface area contributed by atoms with Crippen molar-refractivity contribution >= 4 is 5.91 Å². The van der Waals surface area contributed by atoms with Gasteiger partial charge >= 0.3 is 0 Å². The predicted octanol–water partition coefficient (Wildman–Crippen LogP) is 2.71. The number of ether oxygens (including phenoxy) is 1. The van der Waals surface area contributed by atoms with Gasteiger partial charge in [0.05, 0.1) is 5.54 Å². The molecule has 1 aromatic rings. The molecule has 1 N–H and O–H groups in total. The Morgan fingerprint density at radius 3 is 2.62 bits per heavy atom. The molecule has 1 aliphatic rings. The van der Waals surface area contributed by atoms with Crippen molar-refractivity contribution < 1.29 is 9.53 Å². The Bertz CT molecular complexity index is 463. The zero-order valence-corrected chi connectivity index (χ0v) is 13.3. The molecule has 2 atom stereocenters. The summed E-state index contributed by atoms with van der Waals surface area (Å²) in [7, 11) is 1.71. The fraction of sp³-hybridized carbons (Fsp3) is 0.588. The van der Waals surface area contributed by atoms with E-state index in [1.54, 1.807) is 7.11 Å². The van der Waals surface area contributed by atoms with Gasteiger partial charge < -0.3 is 9.64 Å². The van der Waals surface area contributed by atoms with Gasteiger partial charge in [0.1, 0.15) is 6.17 Å². The van der Waals surface area contributed by atoms with Gasteiger partial charge in [0.25, 0.3) is 0 Å². The number of carbonyl (C=O) groups is 1. The number of unbranched alkanes of at least 4 members (excludes halogenated alkanes) is 1. The van der Waals surface area contributed by atoms with E-state index < -0.39 is 5.54 Å². The summed E-state index contributed by atoms with van der Waals surface area (Å²) in [6.45, 7) is 5.57. The molecule has 2 rings (SSSR count). The van der Waals surface area contributed by atoms with Crippen molar-refractivity contribution in [2.45, 2.75) is 44.8 Å². The van der Waals surface area contributed by atoms with Crippen LogP contribution < -0.4 is 5.32 Å². The van der Waals surface area contributed by atoms with Crippen LogP contribution in [0.25, 0.3) is 0 Å². The number of hydrogen-bond donors (Lipinski definition) is 1. The summed E-state index contributed by atoms with van der Waals surface area (Å²) in [5.41, 5.74) is 0.691. The molecule has 0 bridgehead atoms. The smallest absolute Gasteiger partial charge is 0.244 e. The molecular formula is C17H26N2O2. The summed E-state index contributed by atoms with van der Waals surface area (Å²) < 4.78 is 5.09. The highest BCUT2D eigenvalue weighted by atomic mass is 16.5. The molecule has 0 spiro atoms. The molecule has 0 aliphatic carbocycles. The maximum Gasteiger partial charge on any atom is 0.244 e. The summed E-state index contributed by atoms with van der Waals surface area (Å²) in [6, 6.07) is 10.2. The SMILES string of the molecule is CCC1(C)NC(c2ccccc2)N(CCCCOC)C1=O. The summed E-state index contributed by atoms with van der Waals surface area (Å²) in [5.74, 6) is 0.205. The first kappa shape index (κ1) is 16.0. The Hall–Kier alpha value is -1.39. The van der Waals surface area contributed by atoms with Crippen LogP contribution in [0.15, 0.2) is 30.3 Å². The third-order valence-corrected chi connectivity index (χ3v) is 4.32. The standard InChI is InChI=1S/C17H26N2O2/c1-4-17(2)16(20)19(12-8-9-13-21-3)15(18-17)14-10-6-5-7-11-14/h5-7,10-11,15,18H,4,8-9,12-13H2,1-3H3. The Balaban J connectivity index is 2.14. The molecule has 1 aliphatic heterocycles. The van der Waals surface area contributed by atoms with Gasteiger partial charge in [0.2, 0.25) is 5.91 Å². The largest absolute Gasteiger partial charge is 0.385 e. The maximum atomic E-state index is 12.7. The second-order valence-electron chi connectivity index (χ2n) is 5.84. The summed E-state index contributed by atoms with van der Waals surface area (Å²) in [5, 5.41) is 3.52. The third kappa shape index (κ3) is 3.44. The lowest BCUT2D eigenvalue weighted by atomic mass is 9.99. The number of nitrogens with zero attached hydrogens (tertiary/aromatic N) is 1. The van der Waals surface area contributed by atoms with Crippen LogP contribution in [0.5, 0.6) is 0 Å². The van der Waals surface area contributed by atoms with Crippen molar-refractivity contribution in [3.05, 3.63) is 35.9 Å². The van der Waals surface area contributed by atoms with Crippen LogP contribution in [0, 0.1) is 0 Å².